The van der Waals surface area contributed by atoms with E-state index >= 15 is 0 Å². The Hall–Kier alpha value is -3.72. The number of ether oxygens (including phenoxy) is 2. The first-order valence-corrected chi connectivity index (χ1v) is 12.0. The quantitative estimate of drug-likeness (QED) is 0.369. The van der Waals surface area contributed by atoms with Gasteiger partial charge in [0.15, 0.2) is 5.82 Å². The van der Waals surface area contributed by atoms with E-state index in [9.17, 15) is 13.6 Å². The molecule has 0 N–H and O–H groups in total. The molecule has 2 heterocycles. The highest BCUT2D eigenvalue weighted by Gasteiger charge is 2.43. The van der Waals surface area contributed by atoms with Gasteiger partial charge in [0, 0.05) is 25.5 Å². The summed E-state index contributed by atoms with van der Waals surface area (Å²) in [7, 11) is 1.71. The molecule has 5 rings (SSSR count). The van der Waals surface area contributed by atoms with Crippen molar-refractivity contribution in [1.82, 2.24) is 20.2 Å². The van der Waals surface area contributed by atoms with E-state index < -0.39 is 11.9 Å². The van der Waals surface area contributed by atoms with Crippen LogP contribution in [0.15, 0.2) is 60.7 Å². The van der Waals surface area contributed by atoms with Crippen LogP contribution in [0.3, 0.4) is 0 Å². The molecule has 0 amide bonds. The van der Waals surface area contributed by atoms with E-state index in [0.29, 0.717) is 40.9 Å². The van der Waals surface area contributed by atoms with Crippen molar-refractivity contribution in [2.45, 2.75) is 50.4 Å². The average Bonchev–Trinajstić information content (AvgIpc) is 3.29. The van der Waals surface area contributed by atoms with E-state index in [0.717, 1.165) is 19.3 Å². The molecule has 1 aliphatic heterocycles. The second-order valence-electron chi connectivity index (χ2n) is 9.09. The van der Waals surface area contributed by atoms with Crippen LogP contribution in [0.5, 0.6) is 0 Å². The summed E-state index contributed by atoms with van der Waals surface area (Å²) in [5, 5.41) is 12.0. The number of carbonyl (C=O) groups is 1. The molecule has 1 saturated carbocycles. The molecule has 2 aromatic carbocycles. The molecule has 2 aliphatic rings. The third-order valence-corrected chi connectivity index (χ3v) is 6.52. The molecule has 1 aromatic heterocycles. The Labute approximate surface area is 207 Å². The van der Waals surface area contributed by atoms with Crippen molar-refractivity contribution in [3.05, 3.63) is 89.3 Å². The van der Waals surface area contributed by atoms with Crippen LogP contribution in [0.4, 0.5) is 8.78 Å². The number of hydrogen-bond acceptors (Lipinski definition) is 6. The van der Waals surface area contributed by atoms with Crippen molar-refractivity contribution in [1.29, 1.82) is 0 Å². The Kier molecular flexibility index (Phi) is 6.73. The highest BCUT2D eigenvalue weighted by Crippen LogP contribution is 2.38. The first kappa shape index (κ1) is 24.0. The molecule has 0 bridgehead atoms. The predicted molar refractivity (Wildman–Crippen MR) is 128 cm³/mol. The molecule has 3 aromatic rings. The van der Waals surface area contributed by atoms with Gasteiger partial charge in [0.2, 0.25) is 5.79 Å². The van der Waals surface area contributed by atoms with Gasteiger partial charge in [0.1, 0.15) is 11.6 Å². The maximum Gasteiger partial charge on any atom is 0.311 e. The van der Waals surface area contributed by atoms with Crippen molar-refractivity contribution in [2.24, 2.45) is 7.05 Å². The number of halogens is 2. The lowest BCUT2D eigenvalue weighted by Crippen LogP contribution is -2.47. The second-order valence-corrected chi connectivity index (χ2v) is 9.09. The van der Waals surface area contributed by atoms with Crippen molar-refractivity contribution < 1.29 is 23.0 Å². The van der Waals surface area contributed by atoms with E-state index in [4.69, 9.17) is 9.47 Å². The van der Waals surface area contributed by atoms with Gasteiger partial charge in [-0.2, -0.15) is 0 Å². The highest BCUT2D eigenvalue weighted by atomic mass is 19.1. The fraction of sp³-hybridized carbons (Fsp3) is 0.333. The second kappa shape index (κ2) is 10.1. The Balaban J connectivity index is 1.62. The minimum absolute atomic E-state index is 0.0883. The number of tetrazole rings is 1. The minimum Gasteiger partial charge on any atom is -0.433 e. The zero-order valence-electron chi connectivity index (χ0n) is 19.9. The third kappa shape index (κ3) is 5.11. The van der Waals surface area contributed by atoms with Gasteiger partial charge < -0.3 is 9.47 Å². The minimum atomic E-state index is -0.879. The number of aromatic nitrogens is 4. The van der Waals surface area contributed by atoms with E-state index in [-0.39, 0.29) is 24.0 Å². The number of aryl methyl sites for hydroxylation is 1. The molecule has 1 aliphatic carbocycles. The van der Waals surface area contributed by atoms with Crippen LogP contribution in [-0.2, 0) is 21.3 Å². The molecule has 1 unspecified atom stereocenters. The van der Waals surface area contributed by atoms with Gasteiger partial charge in [-0.3, -0.25) is 4.79 Å². The standard InChI is InChI=1S/C27H26F2N4O3/c1-33-26(30-31-32-33)23(14-13-22-17-24(34)36-27(35-22)15-3-2-4-16-27)25(18-5-9-20(28)10-6-18)19-7-11-21(29)12-8-19/h5-14,22H,2-4,15-17H2,1H3/b14-13+. The lowest BCUT2D eigenvalue weighted by atomic mass is 9.91. The molecule has 0 radical (unpaired) electrons. The summed E-state index contributed by atoms with van der Waals surface area (Å²) in [5.74, 6) is -1.47. The highest BCUT2D eigenvalue weighted by molar-refractivity contribution is 6.00. The third-order valence-electron chi connectivity index (χ3n) is 6.52. The van der Waals surface area contributed by atoms with E-state index in [2.05, 4.69) is 15.5 Å². The van der Waals surface area contributed by atoms with Crippen LogP contribution in [0.2, 0.25) is 0 Å². The van der Waals surface area contributed by atoms with Gasteiger partial charge in [-0.05, 0) is 64.2 Å². The monoisotopic (exact) mass is 492 g/mol. The lowest BCUT2D eigenvalue weighted by Gasteiger charge is -2.41. The summed E-state index contributed by atoms with van der Waals surface area (Å²) in [6.45, 7) is 0. The maximum absolute atomic E-state index is 13.8. The van der Waals surface area contributed by atoms with Crippen LogP contribution in [0, 0.1) is 11.6 Å². The van der Waals surface area contributed by atoms with E-state index in [1.165, 1.54) is 28.9 Å². The average molecular weight is 493 g/mol. The number of carbonyl (C=O) groups excluding carboxylic acids is 1. The largest absolute Gasteiger partial charge is 0.433 e. The number of hydrogen-bond donors (Lipinski definition) is 0. The Morgan fingerprint density at radius 2 is 1.61 bits per heavy atom. The first-order valence-electron chi connectivity index (χ1n) is 12.0. The van der Waals surface area contributed by atoms with Crippen molar-refractivity contribution >= 4 is 17.1 Å². The Morgan fingerprint density at radius 1 is 1.00 bits per heavy atom. The number of benzene rings is 2. The van der Waals surface area contributed by atoms with Crippen LogP contribution >= 0.6 is 0 Å². The SMILES string of the molecule is Cn1nnnc1C(/C=C/C1CC(=O)OC2(CCCCC2)O1)=C(c1ccc(F)cc1)c1ccc(F)cc1. The molecule has 1 atom stereocenters. The molecule has 1 saturated heterocycles. The van der Waals surface area contributed by atoms with Crippen LogP contribution in [0.1, 0.15) is 55.5 Å². The van der Waals surface area contributed by atoms with Gasteiger partial charge in [0.05, 0.1) is 12.5 Å². The molecule has 1 spiro atoms. The predicted octanol–water partition coefficient (Wildman–Crippen LogP) is 5.00. The van der Waals surface area contributed by atoms with Crippen LogP contribution in [0.25, 0.3) is 11.1 Å². The summed E-state index contributed by atoms with van der Waals surface area (Å²) in [5.41, 5.74) is 2.67. The Morgan fingerprint density at radius 3 is 2.17 bits per heavy atom. The summed E-state index contributed by atoms with van der Waals surface area (Å²) in [6, 6.07) is 12.1. The zero-order valence-corrected chi connectivity index (χ0v) is 19.9. The molecule has 36 heavy (non-hydrogen) atoms. The van der Waals surface area contributed by atoms with Gasteiger partial charge in [-0.25, -0.2) is 13.5 Å². The number of rotatable bonds is 5. The smallest absolute Gasteiger partial charge is 0.311 e. The molecule has 9 heteroatoms. The van der Waals surface area contributed by atoms with Crippen molar-refractivity contribution in [3.8, 4) is 0 Å². The normalized spacial score (nSPS) is 19.4. The first-order chi connectivity index (χ1) is 17.4. The summed E-state index contributed by atoms with van der Waals surface area (Å²) < 4.78 is 41.0. The number of nitrogens with zero attached hydrogens (tertiary/aromatic N) is 4. The van der Waals surface area contributed by atoms with Crippen molar-refractivity contribution in [3.63, 3.8) is 0 Å². The number of esters is 1. The zero-order chi connectivity index (χ0) is 25.1. The van der Waals surface area contributed by atoms with Gasteiger partial charge in [-0.1, -0.05) is 42.8 Å². The molecular weight excluding hydrogens is 466 g/mol. The van der Waals surface area contributed by atoms with Gasteiger partial charge in [0.25, 0.3) is 0 Å². The number of allylic oxidation sites excluding steroid dienone is 2. The van der Waals surface area contributed by atoms with E-state index in [1.54, 1.807) is 31.3 Å². The van der Waals surface area contributed by atoms with Crippen LogP contribution < -0.4 is 0 Å². The molecular formula is C27H26F2N4O3. The lowest BCUT2D eigenvalue weighted by molar-refractivity contribution is -0.277. The summed E-state index contributed by atoms with van der Waals surface area (Å²) in [4.78, 5) is 12.5. The Bertz CT molecular complexity index is 1250. The van der Waals surface area contributed by atoms with Gasteiger partial charge in [-0.15, -0.1) is 5.10 Å². The fourth-order valence-corrected chi connectivity index (χ4v) is 4.81. The maximum atomic E-state index is 13.8. The molecule has 7 nitrogen and oxygen atoms in total. The fourth-order valence-electron chi connectivity index (χ4n) is 4.81. The molecule has 186 valence electrons. The van der Waals surface area contributed by atoms with E-state index in [1.807, 2.05) is 12.2 Å². The summed E-state index contributed by atoms with van der Waals surface area (Å²) in [6.07, 6.45) is 7.55. The topological polar surface area (TPSA) is 79.1 Å². The van der Waals surface area contributed by atoms with Gasteiger partial charge >= 0.3 is 5.97 Å². The summed E-state index contributed by atoms with van der Waals surface area (Å²) >= 11 is 0. The van der Waals surface area contributed by atoms with Crippen molar-refractivity contribution in [2.75, 3.05) is 0 Å². The molecule has 2 fully saturated rings. The van der Waals surface area contributed by atoms with Crippen LogP contribution in [-0.4, -0.2) is 38.1 Å².